The molecule has 0 aliphatic carbocycles. The van der Waals surface area contributed by atoms with Crippen LogP contribution in [-0.4, -0.2) is 5.84 Å². The van der Waals surface area contributed by atoms with Gasteiger partial charge in [-0.1, -0.05) is 24.3 Å². The summed E-state index contributed by atoms with van der Waals surface area (Å²) in [4.78, 5) is 0. The SMILES string of the molecule is Cc1cccc(OCc2cccc(C(=N)N)c2F)c1F. The zero-order chi connectivity index (χ0) is 14.7. The van der Waals surface area contributed by atoms with Crippen molar-refractivity contribution in [1.82, 2.24) is 0 Å². The van der Waals surface area contributed by atoms with Gasteiger partial charge in [0.2, 0.25) is 0 Å². The molecule has 0 bridgehead atoms. The average molecular weight is 276 g/mol. The van der Waals surface area contributed by atoms with Crippen LogP contribution < -0.4 is 10.5 Å². The standard InChI is InChI=1S/C15H14F2N2O/c1-9-4-2-7-12(13(9)16)20-8-10-5-3-6-11(14(10)17)15(18)19/h2-7H,8H2,1H3,(H3,18,19). The lowest BCUT2D eigenvalue weighted by Gasteiger charge is -2.10. The minimum absolute atomic E-state index is 0.0100. The van der Waals surface area contributed by atoms with Gasteiger partial charge in [-0.2, -0.15) is 0 Å². The van der Waals surface area contributed by atoms with Crippen LogP contribution in [-0.2, 0) is 6.61 Å². The third-order valence-electron chi connectivity index (χ3n) is 2.91. The van der Waals surface area contributed by atoms with Crippen molar-refractivity contribution in [3.8, 4) is 5.75 Å². The number of amidine groups is 1. The first-order valence-electron chi connectivity index (χ1n) is 6.00. The summed E-state index contributed by atoms with van der Waals surface area (Å²) < 4.78 is 33.0. The molecule has 0 aromatic heterocycles. The van der Waals surface area contributed by atoms with E-state index in [1.54, 1.807) is 25.1 Å². The quantitative estimate of drug-likeness (QED) is 0.665. The Balaban J connectivity index is 2.21. The van der Waals surface area contributed by atoms with Crippen LogP contribution in [0.5, 0.6) is 5.75 Å². The number of nitrogens with two attached hydrogens (primary N) is 1. The zero-order valence-corrected chi connectivity index (χ0v) is 10.9. The van der Waals surface area contributed by atoms with E-state index in [-0.39, 0.29) is 29.3 Å². The summed E-state index contributed by atoms with van der Waals surface area (Å²) in [5.74, 6) is -1.37. The molecular weight excluding hydrogens is 262 g/mol. The first kappa shape index (κ1) is 14.0. The molecule has 0 spiro atoms. The van der Waals surface area contributed by atoms with Crippen molar-refractivity contribution in [2.24, 2.45) is 5.73 Å². The van der Waals surface area contributed by atoms with Gasteiger partial charge in [0.1, 0.15) is 18.3 Å². The average Bonchev–Trinajstić information content (AvgIpc) is 2.41. The lowest BCUT2D eigenvalue weighted by atomic mass is 10.1. The fourth-order valence-corrected chi connectivity index (χ4v) is 1.79. The molecule has 0 amide bonds. The van der Waals surface area contributed by atoms with Crippen molar-refractivity contribution in [3.05, 3.63) is 64.7 Å². The molecule has 0 aliphatic rings. The van der Waals surface area contributed by atoms with E-state index in [4.69, 9.17) is 15.9 Å². The lowest BCUT2D eigenvalue weighted by Crippen LogP contribution is -2.14. The Labute approximate surface area is 115 Å². The van der Waals surface area contributed by atoms with E-state index in [2.05, 4.69) is 0 Å². The van der Waals surface area contributed by atoms with Crippen molar-refractivity contribution in [3.63, 3.8) is 0 Å². The van der Waals surface area contributed by atoms with Crippen LogP contribution in [0.2, 0.25) is 0 Å². The molecule has 0 radical (unpaired) electrons. The molecule has 0 unspecified atom stereocenters. The predicted molar refractivity (Wildman–Crippen MR) is 72.9 cm³/mol. The monoisotopic (exact) mass is 276 g/mol. The zero-order valence-electron chi connectivity index (χ0n) is 10.9. The van der Waals surface area contributed by atoms with E-state index in [1.807, 2.05) is 0 Å². The van der Waals surface area contributed by atoms with Crippen molar-refractivity contribution in [1.29, 1.82) is 5.41 Å². The Hall–Kier alpha value is -2.43. The molecule has 0 fully saturated rings. The molecule has 0 atom stereocenters. The van der Waals surface area contributed by atoms with E-state index in [0.29, 0.717) is 5.56 Å². The van der Waals surface area contributed by atoms with Gasteiger partial charge < -0.3 is 10.5 Å². The predicted octanol–water partition coefficient (Wildman–Crippen LogP) is 3.14. The van der Waals surface area contributed by atoms with Crippen LogP contribution in [0.3, 0.4) is 0 Å². The number of nitrogens with one attached hydrogen (secondary N) is 1. The highest BCUT2D eigenvalue weighted by Crippen LogP contribution is 2.22. The highest BCUT2D eigenvalue weighted by atomic mass is 19.1. The Morgan fingerprint density at radius 1 is 1.15 bits per heavy atom. The maximum absolute atomic E-state index is 14.0. The van der Waals surface area contributed by atoms with Crippen LogP contribution in [0.1, 0.15) is 16.7 Å². The van der Waals surface area contributed by atoms with Gasteiger partial charge in [-0.25, -0.2) is 8.78 Å². The molecule has 2 aromatic carbocycles. The van der Waals surface area contributed by atoms with Gasteiger partial charge in [0.05, 0.1) is 5.56 Å². The highest BCUT2D eigenvalue weighted by molar-refractivity contribution is 5.95. The van der Waals surface area contributed by atoms with Crippen molar-refractivity contribution in [2.75, 3.05) is 0 Å². The maximum atomic E-state index is 14.0. The molecular formula is C15H14F2N2O. The number of nitrogen functional groups attached to an aromatic ring is 1. The van der Waals surface area contributed by atoms with Crippen LogP contribution in [0.25, 0.3) is 0 Å². The number of halogens is 2. The molecule has 104 valence electrons. The van der Waals surface area contributed by atoms with E-state index in [9.17, 15) is 8.78 Å². The Bertz CT molecular complexity index is 656. The number of rotatable bonds is 4. The minimum atomic E-state index is -0.618. The third-order valence-corrected chi connectivity index (χ3v) is 2.91. The summed E-state index contributed by atoms with van der Waals surface area (Å²) in [6.45, 7) is 1.49. The molecule has 3 N–H and O–H groups in total. The van der Waals surface area contributed by atoms with Crippen molar-refractivity contribution >= 4 is 5.84 Å². The highest BCUT2D eigenvalue weighted by Gasteiger charge is 2.12. The summed E-state index contributed by atoms with van der Waals surface area (Å²) in [6.07, 6.45) is 0. The largest absolute Gasteiger partial charge is 0.486 e. The van der Waals surface area contributed by atoms with E-state index in [0.717, 1.165) is 0 Å². The molecule has 5 heteroatoms. The number of aryl methyl sites for hydroxylation is 1. The first-order valence-corrected chi connectivity index (χ1v) is 6.00. The van der Waals surface area contributed by atoms with Gasteiger partial charge >= 0.3 is 0 Å². The summed E-state index contributed by atoms with van der Waals surface area (Å²) in [5, 5.41) is 7.27. The first-order chi connectivity index (χ1) is 9.50. The second-order valence-corrected chi connectivity index (χ2v) is 4.37. The Morgan fingerprint density at radius 2 is 1.85 bits per heavy atom. The van der Waals surface area contributed by atoms with Gasteiger partial charge in [0, 0.05) is 5.56 Å². The number of benzene rings is 2. The lowest BCUT2D eigenvalue weighted by molar-refractivity contribution is 0.284. The van der Waals surface area contributed by atoms with E-state index in [1.165, 1.54) is 18.2 Å². The number of hydrogen-bond donors (Lipinski definition) is 2. The second-order valence-electron chi connectivity index (χ2n) is 4.37. The van der Waals surface area contributed by atoms with Crippen LogP contribution in [0.4, 0.5) is 8.78 Å². The third kappa shape index (κ3) is 2.77. The topological polar surface area (TPSA) is 59.1 Å². The van der Waals surface area contributed by atoms with Crippen LogP contribution in [0.15, 0.2) is 36.4 Å². The van der Waals surface area contributed by atoms with Gasteiger partial charge in [0.15, 0.2) is 11.6 Å². The van der Waals surface area contributed by atoms with Gasteiger partial charge in [0.25, 0.3) is 0 Å². The summed E-state index contributed by atoms with van der Waals surface area (Å²) in [5.41, 5.74) is 5.97. The van der Waals surface area contributed by atoms with Crippen LogP contribution in [0, 0.1) is 24.0 Å². The van der Waals surface area contributed by atoms with Gasteiger partial charge in [-0.05, 0) is 24.6 Å². The van der Waals surface area contributed by atoms with Gasteiger partial charge in [-0.15, -0.1) is 0 Å². The molecule has 2 aromatic rings. The molecule has 0 aliphatic heterocycles. The van der Waals surface area contributed by atoms with E-state index < -0.39 is 11.6 Å². The number of ether oxygens (including phenoxy) is 1. The van der Waals surface area contributed by atoms with Crippen LogP contribution >= 0.6 is 0 Å². The summed E-state index contributed by atoms with van der Waals surface area (Å²) >= 11 is 0. The minimum Gasteiger partial charge on any atom is -0.486 e. The molecule has 0 saturated carbocycles. The second kappa shape index (κ2) is 5.69. The summed E-state index contributed by atoms with van der Waals surface area (Å²) in [6, 6.07) is 9.26. The molecule has 20 heavy (non-hydrogen) atoms. The normalized spacial score (nSPS) is 10.3. The fourth-order valence-electron chi connectivity index (χ4n) is 1.79. The number of hydrogen-bond acceptors (Lipinski definition) is 2. The molecule has 0 heterocycles. The van der Waals surface area contributed by atoms with Gasteiger partial charge in [-0.3, -0.25) is 5.41 Å². The Kier molecular flexibility index (Phi) is 3.98. The fraction of sp³-hybridized carbons (Fsp3) is 0.133. The molecule has 0 saturated heterocycles. The Morgan fingerprint density at radius 3 is 2.55 bits per heavy atom. The van der Waals surface area contributed by atoms with Crippen molar-refractivity contribution < 1.29 is 13.5 Å². The summed E-state index contributed by atoms with van der Waals surface area (Å²) in [7, 11) is 0. The van der Waals surface area contributed by atoms with E-state index >= 15 is 0 Å². The molecule has 2 rings (SSSR count). The molecule has 3 nitrogen and oxygen atoms in total. The smallest absolute Gasteiger partial charge is 0.167 e. The van der Waals surface area contributed by atoms with Crippen molar-refractivity contribution in [2.45, 2.75) is 13.5 Å². The maximum Gasteiger partial charge on any atom is 0.167 e.